The highest BCUT2D eigenvalue weighted by molar-refractivity contribution is 6.00. The second-order valence-corrected chi connectivity index (χ2v) is 6.06. The highest BCUT2D eigenvalue weighted by Crippen LogP contribution is 2.34. The molecule has 0 aliphatic heterocycles. The summed E-state index contributed by atoms with van der Waals surface area (Å²) in [6.07, 6.45) is 8.71. The van der Waals surface area contributed by atoms with E-state index in [9.17, 15) is 4.39 Å². The largest absolute Gasteiger partial charge is 0.346 e. The summed E-state index contributed by atoms with van der Waals surface area (Å²) < 4.78 is 14.8. The molecule has 140 valence electrons. The van der Waals surface area contributed by atoms with Crippen molar-refractivity contribution in [2.75, 3.05) is 0 Å². The molecule has 0 saturated heterocycles. The van der Waals surface area contributed by atoms with Gasteiger partial charge in [0.1, 0.15) is 17.0 Å². The van der Waals surface area contributed by atoms with Gasteiger partial charge in [-0.15, -0.1) is 24.8 Å². The molecule has 0 spiro atoms. The first-order chi connectivity index (χ1) is 12.8. The van der Waals surface area contributed by atoms with Crippen LogP contribution in [0.4, 0.5) is 4.39 Å². The lowest BCUT2D eigenvalue weighted by molar-refractivity contribution is 0.637. The first-order valence-corrected chi connectivity index (χ1v) is 8.22. The van der Waals surface area contributed by atoms with E-state index in [0.29, 0.717) is 5.52 Å². The van der Waals surface area contributed by atoms with E-state index in [0.717, 1.165) is 38.7 Å². The fourth-order valence-corrected chi connectivity index (χ4v) is 3.34. The zero-order valence-electron chi connectivity index (χ0n) is 14.5. The van der Waals surface area contributed by atoms with Crippen LogP contribution in [0.25, 0.3) is 44.2 Å². The van der Waals surface area contributed by atoms with Crippen molar-refractivity contribution in [1.82, 2.24) is 19.9 Å². The molecular formula is C21H15Cl2FN4. The van der Waals surface area contributed by atoms with E-state index in [2.05, 4.69) is 19.9 Å². The van der Waals surface area contributed by atoms with Crippen molar-refractivity contribution in [3.63, 3.8) is 0 Å². The van der Waals surface area contributed by atoms with Crippen LogP contribution >= 0.6 is 24.8 Å². The van der Waals surface area contributed by atoms with Gasteiger partial charge in [-0.25, -0.2) is 9.37 Å². The Kier molecular flexibility index (Phi) is 5.58. The summed E-state index contributed by atoms with van der Waals surface area (Å²) in [5.41, 5.74) is 4.66. The van der Waals surface area contributed by atoms with Crippen LogP contribution in [0.3, 0.4) is 0 Å². The SMILES string of the molecule is Cl.Cl.Fc1cc(-c2c[nH]c3ncccc23)cc2c(-c3cccnc3)ccnc12. The third kappa shape index (κ3) is 3.19. The van der Waals surface area contributed by atoms with Gasteiger partial charge in [0.05, 0.1) is 0 Å². The number of nitrogens with zero attached hydrogens (tertiary/aromatic N) is 3. The molecule has 4 nitrogen and oxygen atoms in total. The fraction of sp³-hybridized carbons (Fsp3) is 0. The number of hydrogen-bond acceptors (Lipinski definition) is 3. The van der Waals surface area contributed by atoms with E-state index in [1.807, 2.05) is 42.6 Å². The lowest BCUT2D eigenvalue weighted by Crippen LogP contribution is -1.90. The number of hydrogen-bond donors (Lipinski definition) is 1. The maximum Gasteiger partial charge on any atom is 0.150 e. The Labute approximate surface area is 172 Å². The molecule has 0 saturated carbocycles. The van der Waals surface area contributed by atoms with Crippen LogP contribution in [0.5, 0.6) is 0 Å². The smallest absolute Gasteiger partial charge is 0.150 e. The molecule has 0 fully saturated rings. The Morgan fingerprint density at radius 3 is 2.46 bits per heavy atom. The van der Waals surface area contributed by atoms with Gasteiger partial charge in [-0.2, -0.15) is 0 Å². The quantitative estimate of drug-likeness (QED) is 0.397. The predicted molar refractivity (Wildman–Crippen MR) is 115 cm³/mol. The summed E-state index contributed by atoms with van der Waals surface area (Å²) in [6, 6.07) is 13.1. The molecule has 0 aliphatic rings. The predicted octanol–water partition coefficient (Wildman–Crippen LogP) is 5.82. The van der Waals surface area contributed by atoms with Gasteiger partial charge >= 0.3 is 0 Å². The Balaban J connectivity index is 0.00000112. The second-order valence-electron chi connectivity index (χ2n) is 6.06. The zero-order chi connectivity index (χ0) is 17.5. The van der Waals surface area contributed by atoms with Gasteiger partial charge in [-0.3, -0.25) is 9.97 Å². The molecule has 0 atom stereocenters. The van der Waals surface area contributed by atoms with E-state index in [4.69, 9.17) is 0 Å². The van der Waals surface area contributed by atoms with Crippen molar-refractivity contribution < 1.29 is 4.39 Å². The maximum atomic E-state index is 14.8. The number of benzene rings is 1. The first kappa shape index (κ1) is 19.7. The zero-order valence-corrected chi connectivity index (χ0v) is 16.1. The average molecular weight is 413 g/mol. The molecule has 1 aromatic carbocycles. The van der Waals surface area contributed by atoms with Gasteiger partial charge in [0.15, 0.2) is 0 Å². The molecular weight excluding hydrogens is 398 g/mol. The van der Waals surface area contributed by atoms with E-state index in [1.165, 1.54) is 6.07 Å². The minimum absolute atomic E-state index is 0. The summed E-state index contributed by atoms with van der Waals surface area (Å²) >= 11 is 0. The Bertz CT molecular complexity index is 1260. The molecule has 0 bridgehead atoms. The van der Waals surface area contributed by atoms with Crippen LogP contribution in [-0.4, -0.2) is 19.9 Å². The molecule has 28 heavy (non-hydrogen) atoms. The monoisotopic (exact) mass is 412 g/mol. The van der Waals surface area contributed by atoms with Crippen LogP contribution in [0.2, 0.25) is 0 Å². The summed E-state index contributed by atoms with van der Waals surface area (Å²) in [5.74, 6) is -0.346. The van der Waals surface area contributed by atoms with Crippen LogP contribution in [0, 0.1) is 5.82 Å². The number of fused-ring (bicyclic) bond motifs is 2. The number of halogens is 3. The van der Waals surface area contributed by atoms with Gasteiger partial charge in [0, 0.05) is 52.9 Å². The Morgan fingerprint density at radius 2 is 1.64 bits per heavy atom. The Morgan fingerprint density at radius 1 is 0.786 bits per heavy atom. The van der Waals surface area contributed by atoms with Crippen molar-refractivity contribution in [1.29, 1.82) is 0 Å². The van der Waals surface area contributed by atoms with Gasteiger partial charge in [0.25, 0.3) is 0 Å². The summed E-state index contributed by atoms with van der Waals surface area (Å²) in [6.45, 7) is 0. The lowest BCUT2D eigenvalue weighted by atomic mass is 9.98. The van der Waals surface area contributed by atoms with Gasteiger partial charge in [0.2, 0.25) is 0 Å². The van der Waals surface area contributed by atoms with Crippen LogP contribution in [0.1, 0.15) is 0 Å². The highest BCUT2D eigenvalue weighted by Gasteiger charge is 2.14. The topological polar surface area (TPSA) is 54.5 Å². The highest BCUT2D eigenvalue weighted by atomic mass is 35.5. The number of rotatable bonds is 2. The Hall–Kier alpha value is -3.02. The standard InChI is InChI=1S/C21H13FN4.2ClH/c22-19-10-14(18-12-26-21-16(18)4-2-7-25-21)9-17-15(5-8-24-20(17)19)13-3-1-6-23-11-13;;/h1-12H,(H,25,26);2*1H. The molecule has 5 aromatic rings. The van der Waals surface area contributed by atoms with E-state index < -0.39 is 0 Å². The number of aromatic amines is 1. The second kappa shape index (κ2) is 7.92. The minimum atomic E-state index is -0.346. The van der Waals surface area contributed by atoms with Gasteiger partial charge in [-0.1, -0.05) is 6.07 Å². The lowest BCUT2D eigenvalue weighted by Gasteiger charge is -2.09. The summed E-state index contributed by atoms with van der Waals surface area (Å²) in [4.78, 5) is 15.9. The number of pyridine rings is 3. The first-order valence-electron chi connectivity index (χ1n) is 8.22. The van der Waals surface area contributed by atoms with E-state index in [-0.39, 0.29) is 30.6 Å². The van der Waals surface area contributed by atoms with E-state index >= 15 is 0 Å². The van der Waals surface area contributed by atoms with Crippen molar-refractivity contribution in [2.24, 2.45) is 0 Å². The van der Waals surface area contributed by atoms with Crippen molar-refractivity contribution in [2.45, 2.75) is 0 Å². The summed E-state index contributed by atoms with van der Waals surface area (Å²) in [7, 11) is 0. The molecule has 4 heterocycles. The summed E-state index contributed by atoms with van der Waals surface area (Å²) in [5, 5.41) is 1.71. The molecule has 0 amide bonds. The third-order valence-corrected chi connectivity index (χ3v) is 4.53. The molecule has 7 heteroatoms. The average Bonchev–Trinajstić information content (AvgIpc) is 3.12. The van der Waals surface area contributed by atoms with Crippen molar-refractivity contribution in [3.05, 3.63) is 79.3 Å². The van der Waals surface area contributed by atoms with Crippen LogP contribution in [0.15, 0.2) is 73.4 Å². The molecule has 0 aliphatic carbocycles. The maximum absolute atomic E-state index is 14.8. The third-order valence-electron chi connectivity index (χ3n) is 4.53. The molecule has 1 N–H and O–H groups in total. The molecule has 5 rings (SSSR count). The molecule has 0 unspecified atom stereocenters. The molecule has 4 aromatic heterocycles. The fourth-order valence-electron chi connectivity index (χ4n) is 3.34. The van der Waals surface area contributed by atoms with Gasteiger partial charge < -0.3 is 4.98 Å². The minimum Gasteiger partial charge on any atom is -0.346 e. The molecule has 0 radical (unpaired) electrons. The van der Waals surface area contributed by atoms with Crippen molar-refractivity contribution in [3.8, 4) is 22.3 Å². The normalized spacial score (nSPS) is 10.5. The van der Waals surface area contributed by atoms with Crippen molar-refractivity contribution >= 4 is 46.8 Å². The number of aromatic nitrogens is 4. The number of H-pyrrole nitrogens is 1. The van der Waals surface area contributed by atoms with Gasteiger partial charge in [-0.05, 0) is 47.5 Å². The van der Waals surface area contributed by atoms with E-state index in [1.54, 1.807) is 24.8 Å². The number of nitrogens with one attached hydrogen (secondary N) is 1. The van der Waals surface area contributed by atoms with Crippen LogP contribution < -0.4 is 0 Å². The van der Waals surface area contributed by atoms with Crippen LogP contribution in [-0.2, 0) is 0 Å².